The molecule has 0 fully saturated rings. The van der Waals surface area contributed by atoms with Crippen molar-refractivity contribution in [3.05, 3.63) is 59.7 Å². The number of hydrazine groups is 1. The van der Waals surface area contributed by atoms with Crippen molar-refractivity contribution in [2.75, 3.05) is 5.43 Å². The summed E-state index contributed by atoms with van der Waals surface area (Å²) in [4.78, 5) is 3.76. The van der Waals surface area contributed by atoms with E-state index >= 15 is 0 Å². The van der Waals surface area contributed by atoms with E-state index in [0.717, 1.165) is 0 Å². The summed E-state index contributed by atoms with van der Waals surface area (Å²) in [6, 6.07) is 13.8. The largest absolute Gasteiger partial charge is 0.450 e. The van der Waals surface area contributed by atoms with Gasteiger partial charge < -0.3 is 0 Å². The average Bonchev–Trinajstić information content (AvgIpc) is 2.46. The van der Waals surface area contributed by atoms with Crippen LogP contribution >= 0.6 is 0 Å². The van der Waals surface area contributed by atoms with E-state index < -0.39 is 12.0 Å². The molecule has 0 aliphatic rings. The van der Waals surface area contributed by atoms with Crippen LogP contribution in [0.25, 0.3) is 0 Å². The van der Waals surface area contributed by atoms with E-state index in [4.69, 9.17) is 0 Å². The predicted octanol–water partition coefficient (Wildman–Crippen LogP) is 4.51. The summed E-state index contributed by atoms with van der Waals surface area (Å²) in [7, 11) is 0. The quantitative estimate of drug-likeness (QED) is 0.497. The van der Waals surface area contributed by atoms with E-state index in [1.165, 1.54) is 0 Å². The van der Waals surface area contributed by atoms with Gasteiger partial charge in [-0.3, -0.25) is 10.9 Å². The van der Waals surface area contributed by atoms with E-state index in [1.807, 2.05) is 0 Å². The lowest BCUT2D eigenvalue weighted by molar-refractivity contribution is -0.0614. The Hall–Kier alpha value is -2.50. The average molecular weight is 307 g/mol. The number of aryl methyl sites for hydroxylation is 2. The van der Waals surface area contributed by atoms with Crippen molar-refractivity contribution in [2.45, 2.75) is 20.0 Å². The SMILES string of the molecule is Cc1cccc(C)c1N=C(NNc1ccccc1)C(F)(F)F. The van der Waals surface area contributed by atoms with Crippen LogP contribution in [0, 0.1) is 13.8 Å². The molecule has 0 aromatic heterocycles. The number of nitrogens with zero attached hydrogens (tertiary/aromatic N) is 1. The Kier molecular flexibility index (Phi) is 4.70. The highest BCUT2D eigenvalue weighted by atomic mass is 19.4. The van der Waals surface area contributed by atoms with Crippen molar-refractivity contribution < 1.29 is 13.2 Å². The lowest BCUT2D eigenvalue weighted by Crippen LogP contribution is -2.40. The van der Waals surface area contributed by atoms with Crippen LogP contribution in [0.3, 0.4) is 0 Å². The Morgan fingerprint density at radius 2 is 1.50 bits per heavy atom. The van der Waals surface area contributed by atoms with E-state index in [1.54, 1.807) is 62.4 Å². The summed E-state index contributed by atoms with van der Waals surface area (Å²) >= 11 is 0. The minimum atomic E-state index is -4.59. The zero-order chi connectivity index (χ0) is 16.2. The van der Waals surface area contributed by atoms with Crippen LogP contribution < -0.4 is 10.9 Å². The maximum atomic E-state index is 13.1. The number of hydrogen-bond donors (Lipinski definition) is 2. The number of rotatable bonds is 3. The Morgan fingerprint density at radius 1 is 0.909 bits per heavy atom. The van der Waals surface area contributed by atoms with E-state index in [2.05, 4.69) is 15.8 Å². The van der Waals surface area contributed by atoms with Crippen molar-refractivity contribution in [2.24, 2.45) is 4.99 Å². The topological polar surface area (TPSA) is 36.4 Å². The molecule has 0 unspecified atom stereocenters. The minimum Gasteiger partial charge on any atom is -0.300 e. The molecule has 0 saturated heterocycles. The van der Waals surface area contributed by atoms with E-state index in [-0.39, 0.29) is 0 Å². The summed E-state index contributed by atoms with van der Waals surface area (Å²) in [6.07, 6.45) is -4.59. The highest BCUT2D eigenvalue weighted by Gasteiger charge is 2.36. The third-order valence-electron chi connectivity index (χ3n) is 3.03. The van der Waals surface area contributed by atoms with Gasteiger partial charge in [-0.15, -0.1) is 0 Å². The Balaban J connectivity index is 2.29. The molecule has 0 aliphatic carbocycles. The third-order valence-corrected chi connectivity index (χ3v) is 3.03. The summed E-state index contributed by atoms with van der Waals surface area (Å²) in [6.45, 7) is 3.45. The van der Waals surface area contributed by atoms with Crippen LogP contribution in [0.1, 0.15) is 11.1 Å². The molecule has 0 atom stereocenters. The molecule has 2 rings (SSSR count). The number of halogens is 3. The molecule has 2 N–H and O–H groups in total. The van der Waals surface area contributed by atoms with E-state index in [0.29, 0.717) is 22.5 Å². The van der Waals surface area contributed by atoms with Gasteiger partial charge in [0.15, 0.2) is 0 Å². The molecule has 0 aliphatic heterocycles. The van der Waals surface area contributed by atoms with Gasteiger partial charge in [0.05, 0.1) is 11.4 Å². The molecule has 0 saturated carbocycles. The summed E-state index contributed by atoms with van der Waals surface area (Å²) in [5.74, 6) is -1.09. The first kappa shape index (κ1) is 15.9. The second kappa shape index (κ2) is 6.51. The molecular weight excluding hydrogens is 291 g/mol. The third kappa shape index (κ3) is 4.00. The molecule has 0 amide bonds. The Bertz CT molecular complexity index is 644. The number of nitrogens with one attached hydrogen (secondary N) is 2. The van der Waals surface area contributed by atoms with Crippen molar-refractivity contribution in [1.29, 1.82) is 0 Å². The molecule has 0 bridgehead atoms. The van der Waals surface area contributed by atoms with Gasteiger partial charge in [0.25, 0.3) is 0 Å². The van der Waals surface area contributed by atoms with Gasteiger partial charge in [-0.1, -0.05) is 36.4 Å². The standard InChI is InChI=1S/C16H16F3N3/c1-11-7-6-8-12(2)14(11)20-15(16(17,18)19)22-21-13-9-4-3-5-10-13/h3-10,21H,1-2H3,(H,20,22). The van der Waals surface area contributed by atoms with Crippen LogP contribution in [-0.2, 0) is 0 Å². The Labute approximate surface area is 126 Å². The van der Waals surface area contributed by atoms with E-state index in [9.17, 15) is 13.2 Å². The zero-order valence-corrected chi connectivity index (χ0v) is 12.2. The maximum absolute atomic E-state index is 13.1. The number of hydrogen-bond acceptors (Lipinski definition) is 2. The fourth-order valence-electron chi connectivity index (χ4n) is 1.91. The molecule has 0 radical (unpaired) electrons. The molecule has 22 heavy (non-hydrogen) atoms. The number of alkyl halides is 3. The first-order valence-corrected chi connectivity index (χ1v) is 6.67. The molecule has 116 valence electrons. The van der Waals surface area contributed by atoms with Crippen LogP contribution in [0.5, 0.6) is 0 Å². The maximum Gasteiger partial charge on any atom is 0.450 e. The van der Waals surface area contributed by atoms with Gasteiger partial charge in [-0.05, 0) is 37.1 Å². The van der Waals surface area contributed by atoms with Crippen LogP contribution in [0.15, 0.2) is 53.5 Å². The number of anilines is 1. The van der Waals surface area contributed by atoms with Gasteiger partial charge >= 0.3 is 6.18 Å². The monoisotopic (exact) mass is 307 g/mol. The molecule has 2 aromatic rings. The Morgan fingerprint density at radius 3 is 2.05 bits per heavy atom. The van der Waals surface area contributed by atoms with Crippen molar-refractivity contribution in [3.63, 3.8) is 0 Å². The number of aliphatic imine (C=N–C) groups is 1. The molecular formula is C16H16F3N3. The lowest BCUT2D eigenvalue weighted by Gasteiger charge is -2.16. The number of para-hydroxylation sites is 2. The molecule has 6 heteroatoms. The van der Waals surface area contributed by atoms with Crippen LogP contribution in [0.2, 0.25) is 0 Å². The van der Waals surface area contributed by atoms with Gasteiger partial charge in [0, 0.05) is 0 Å². The number of benzene rings is 2. The second-order valence-electron chi connectivity index (χ2n) is 4.81. The highest BCUT2D eigenvalue weighted by Crippen LogP contribution is 2.26. The van der Waals surface area contributed by atoms with Gasteiger partial charge in [0.2, 0.25) is 5.84 Å². The van der Waals surface area contributed by atoms with Crippen molar-refractivity contribution in [1.82, 2.24) is 5.43 Å². The summed E-state index contributed by atoms with van der Waals surface area (Å²) in [5, 5.41) is 0. The summed E-state index contributed by atoms with van der Waals surface area (Å²) in [5.41, 5.74) is 6.86. The molecule has 0 heterocycles. The first-order valence-electron chi connectivity index (χ1n) is 6.67. The van der Waals surface area contributed by atoms with Crippen LogP contribution in [0.4, 0.5) is 24.5 Å². The molecule has 3 nitrogen and oxygen atoms in total. The smallest absolute Gasteiger partial charge is 0.300 e. The zero-order valence-electron chi connectivity index (χ0n) is 12.2. The lowest BCUT2D eigenvalue weighted by atomic mass is 10.1. The van der Waals surface area contributed by atoms with Gasteiger partial charge in [-0.2, -0.15) is 13.2 Å². The highest BCUT2D eigenvalue weighted by molar-refractivity contribution is 5.91. The van der Waals surface area contributed by atoms with Crippen molar-refractivity contribution >= 4 is 17.2 Å². The molecule has 2 aromatic carbocycles. The van der Waals surface area contributed by atoms with Crippen LogP contribution in [-0.4, -0.2) is 12.0 Å². The molecule has 0 spiro atoms. The second-order valence-corrected chi connectivity index (χ2v) is 4.81. The normalized spacial score (nSPS) is 12.1. The van der Waals surface area contributed by atoms with Crippen molar-refractivity contribution in [3.8, 4) is 0 Å². The minimum absolute atomic E-state index is 0.317. The summed E-state index contributed by atoms with van der Waals surface area (Å²) < 4.78 is 39.4. The fourth-order valence-corrected chi connectivity index (χ4v) is 1.91. The first-order chi connectivity index (χ1) is 10.4. The van der Waals surface area contributed by atoms with Gasteiger partial charge in [0.1, 0.15) is 0 Å². The van der Waals surface area contributed by atoms with Gasteiger partial charge in [-0.25, -0.2) is 4.99 Å². The fraction of sp³-hybridized carbons (Fsp3) is 0.188. The predicted molar refractivity (Wildman–Crippen MR) is 82.3 cm³/mol. The number of amidine groups is 1.